The summed E-state index contributed by atoms with van der Waals surface area (Å²) in [6.07, 6.45) is 0. The summed E-state index contributed by atoms with van der Waals surface area (Å²) in [6, 6.07) is 33.5. The number of carbonyl (C=O) groups excluding carboxylic acids is 1. The number of pyridine rings is 1. The van der Waals surface area contributed by atoms with Crippen molar-refractivity contribution in [3.63, 3.8) is 0 Å². The van der Waals surface area contributed by atoms with Gasteiger partial charge in [-0.3, -0.25) is 14.9 Å². The Morgan fingerprint density at radius 3 is 2.17 bits per heavy atom. The van der Waals surface area contributed by atoms with Crippen LogP contribution in [0.5, 0.6) is 0 Å². The van der Waals surface area contributed by atoms with Crippen molar-refractivity contribution in [3.05, 3.63) is 130 Å². The first-order chi connectivity index (χ1) is 17.1. The number of carbonyl (C=O) groups is 1. The summed E-state index contributed by atoms with van der Waals surface area (Å²) >= 11 is 0. The van der Waals surface area contributed by atoms with Gasteiger partial charge in [0.2, 0.25) is 0 Å². The Kier molecular flexibility index (Phi) is 6.01. The molecule has 4 aromatic carbocycles. The first kappa shape index (κ1) is 22.0. The monoisotopic (exact) mass is 459 g/mol. The van der Waals surface area contributed by atoms with E-state index in [-0.39, 0.29) is 11.6 Å². The van der Waals surface area contributed by atoms with Crippen molar-refractivity contribution >= 4 is 22.5 Å². The molecule has 0 atom stereocenters. The normalized spacial score (nSPS) is 10.7. The maximum Gasteiger partial charge on any atom is 0.269 e. The number of amides is 1. The molecule has 6 heteroatoms. The van der Waals surface area contributed by atoms with Gasteiger partial charge in [-0.1, -0.05) is 60.7 Å². The van der Waals surface area contributed by atoms with Crippen molar-refractivity contribution in [2.24, 2.45) is 0 Å². The lowest BCUT2D eigenvalue weighted by atomic mass is 9.97. The fourth-order valence-corrected chi connectivity index (χ4v) is 4.01. The Hall–Kier alpha value is -4.84. The van der Waals surface area contributed by atoms with Crippen molar-refractivity contribution < 1.29 is 9.72 Å². The molecule has 0 radical (unpaired) electrons. The van der Waals surface area contributed by atoms with Crippen molar-refractivity contribution in [2.75, 3.05) is 0 Å². The standard InChI is InChI=1S/C29H21N3O3/c33-29(30-19-20-7-3-1-4-8-20)23-13-16-27-26(17-23)25(21-9-5-2-6-10-21)18-28(31-27)22-11-14-24(15-12-22)32(34)35/h1-18H,19H2,(H,30,33). The molecular weight excluding hydrogens is 438 g/mol. The van der Waals surface area contributed by atoms with E-state index in [1.54, 1.807) is 18.2 Å². The van der Waals surface area contributed by atoms with Crippen LogP contribution in [0.15, 0.2) is 109 Å². The van der Waals surface area contributed by atoms with Crippen LogP contribution in [0.2, 0.25) is 0 Å². The second-order valence-corrected chi connectivity index (χ2v) is 8.13. The summed E-state index contributed by atoms with van der Waals surface area (Å²) in [7, 11) is 0. The molecule has 0 saturated heterocycles. The average molecular weight is 460 g/mol. The average Bonchev–Trinajstić information content (AvgIpc) is 2.92. The van der Waals surface area contributed by atoms with E-state index in [0.29, 0.717) is 17.8 Å². The zero-order chi connectivity index (χ0) is 24.2. The zero-order valence-electron chi connectivity index (χ0n) is 18.7. The molecule has 1 amide bonds. The fraction of sp³-hybridized carbons (Fsp3) is 0.0345. The summed E-state index contributed by atoms with van der Waals surface area (Å²) in [6.45, 7) is 0.445. The van der Waals surface area contributed by atoms with Gasteiger partial charge in [-0.05, 0) is 53.1 Å². The predicted molar refractivity (Wildman–Crippen MR) is 137 cm³/mol. The van der Waals surface area contributed by atoms with E-state index in [2.05, 4.69) is 5.32 Å². The van der Waals surface area contributed by atoms with Crippen LogP contribution in [0.4, 0.5) is 5.69 Å². The van der Waals surface area contributed by atoms with Gasteiger partial charge in [0.25, 0.3) is 11.6 Å². The maximum atomic E-state index is 12.9. The molecule has 6 nitrogen and oxygen atoms in total. The molecule has 35 heavy (non-hydrogen) atoms. The summed E-state index contributed by atoms with van der Waals surface area (Å²) in [4.78, 5) is 28.3. The molecule has 0 saturated carbocycles. The second-order valence-electron chi connectivity index (χ2n) is 8.13. The Morgan fingerprint density at radius 1 is 0.800 bits per heavy atom. The van der Waals surface area contributed by atoms with Gasteiger partial charge in [0.1, 0.15) is 0 Å². The molecule has 0 spiro atoms. The third kappa shape index (κ3) is 4.77. The highest BCUT2D eigenvalue weighted by atomic mass is 16.6. The third-order valence-corrected chi connectivity index (χ3v) is 5.83. The molecule has 0 bridgehead atoms. The Labute approximate surface area is 202 Å². The molecule has 5 aromatic rings. The fourth-order valence-electron chi connectivity index (χ4n) is 4.01. The number of nitro benzene ring substituents is 1. The topological polar surface area (TPSA) is 85.1 Å². The largest absolute Gasteiger partial charge is 0.348 e. The molecule has 1 heterocycles. The van der Waals surface area contributed by atoms with E-state index in [4.69, 9.17) is 4.98 Å². The van der Waals surface area contributed by atoms with Crippen molar-refractivity contribution in [1.29, 1.82) is 0 Å². The lowest BCUT2D eigenvalue weighted by Gasteiger charge is -2.12. The number of non-ortho nitro benzene ring substituents is 1. The Morgan fingerprint density at radius 2 is 1.49 bits per heavy atom. The van der Waals surface area contributed by atoms with Crippen LogP contribution in [0, 0.1) is 10.1 Å². The quantitative estimate of drug-likeness (QED) is 0.235. The van der Waals surface area contributed by atoms with E-state index < -0.39 is 4.92 Å². The third-order valence-electron chi connectivity index (χ3n) is 5.83. The van der Waals surface area contributed by atoms with Gasteiger partial charge in [-0.15, -0.1) is 0 Å². The highest BCUT2D eigenvalue weighted by Crippen LogP contribution is 2.33. The van der Waals surface area contributed by atoms with Crippen LogP contribution in [0.25, 0.3) is 33.3 Å². The van der Waals surface area contributed by atoms with Crippen LogP contribution in [0.3, 0.4) is 0 Å². The predicted octanol–water partition coefficient (Wildman–Crippen LogP) is 6.41. The minimum absolute atomic E-state index is 0.0315. The number of nitrogens with zero attached hydrogens (tertiary/aromatic N) is 2. The smallest absolute Gasteiger partial charge is 0.269 e. The first-order valence-corrected chi connectivity index (χ1v) is 11.2. The summed E-state index contributed by atoms with van der Waals surface area (Å²) in [5.41, 5.74) is 5.75. The summed E-state index contributed by atoms with van der Waals surface area (Å²) in [5, 5.41) is 14.9. The van der Waals surface area contributed by atoms with Gasteiger partial charge >= 0.3 is 0 Å². The lowest BCUT2D eigenvalue weighted by Crippen LogP contribution is -2.22. The molecule has 0 aliphatic carbocycles. The van der Waals surface area contributed by atoms with E-state index in [9.17, 15) is 14.9 Å². The van der Waals surface area contributed by atoms with E-state index in [1.165, 1.54) is 12.1 Å². The van der Waals surface area contributed by atoms with Gasteiger partial charge in [-0.2, -0.15) is 0 Å². The number of nitrogens with one attached hydrogen (secondary N) is 1. The Balaban J connectivity index is 1.55. The van der Waals surface area contributed by atoms with Crippen molar-refractivity contribution in [2.45, 2.75) is 6.54 Å². The van der Waals surface area contributed by atoms with Crippen LogP contribution < -0.4 is 5.32 Å². The molecule has 170 valence electrons. The number of nitro groups is 1. The molecule has 0 unspecified atom stereocenters. The number of benzene rings is 4. The SMILES string of the molecule is O=C(NCc1ccccc1)c1ccc2nc(-c3ccc([N+](=O)[O-])cc3)cc(-c3ccccc3)c2c1. The summed E-state index contributed by atoms with van der Waals surface area (Å²) < 4.78 is 0. The van der Waals surface area contributed by atoms with Crippen LogP contribution in [-0.2, 0) is 6.54 Å². The van der Waals surface area contributed by atoms with E-state index in [1.807, 2.05) is 78.9 Å². The highest BCUT2D eigenvalue weighted by molar-refractivity contribution is 6.03. The maximum absolute atomic E-state index is 12.9. The number of aromatic nitrogens is 1. The van der Waals surface area contributed by atoms with Crippen LogP contribution in [0.1, 0.15) is 15.9 Å². The highest BCUT2D eigenvalue weighted by Gasteiger charge is 2.14. The second kappa shape index (κ2) is 9.57. The van der Waals surface area contributed by atoms with Crippen molar-refractivity contribution in [3.8, 4) is 22.4 Å². The molecule has 0 fully saturated rings. The van der Waals surface area contributed by atoms with E-state index in [0.717, 1.165) is 33.2 Å². The van der Waals surface area contributed by atoms with Gasteiger partial charge in [0.15, 0.2) is 0 Å². The number of hydrogen-bond donors (Lipinski definition) is 1. The minimum Gasteiger partial charge on any atom is -0.348 e. The molecule has 0 aliphatic heterocycles. The molecule has 1 aromatic heterocycles. The molecule has 1 N–H and O–H groups in total. The van der Waals surface area contributed by atoms with Crippen molar-refractivity contribution in [1.82, 2.24) is 10.3 Å². The number of fused-ring (bicyclic) bond motifs is 1. The molecule has 5 rings (SSSR count). The zero-order valence-corrected chi connectivity index (χ0v) is 18.7. The van der Waals surface area contributed by atoms with Gasteiger partial charge in [0, 0.05) is 35.2 Å². The van der Waals surface area contributed by atoms with Crippen LogP contribution >= 0.6 is 0 Å². The Bertz CT molecular complexity index is 1520. The van der Waals surface area contributed by atoms with Gasteiger partial charge in [-0.25, -0.2) is 4.98 Å². The molecular formula is C29H21N3O3. The van der Waals surface area contributed by atoms with Gasteiger partial charge in [0.05, 0.1) is 16.1 Å². The summed E-state index contributed by atoms with van der Waals surface area (Å²) in [5.74, 6) is -0.158. The minimum atomic E-state index is -0.419. The molecule has 0 aliphatic rings. The van der Waals surface area contributed by atoms with E-state index >= 15 is 0 Å². The number of rotatable bonds is 6. The first-order valence-electron chi connectivity index (χ1n) is 11.2. The van der Waals surface area contributed by atoms with Crippen LogP contribution in [-0.4, -0.2) is 15.8 Å². The number of hydrogen-bond acceptors (Lipinski definition) is 4. The lowest BCUT2D eigenvalue weighted by molar-refractivity contribution is -0.384. The van der Waals surface area contributed by atoms with Gasteiger partial charge < -0.3 is 5.32 Å².